The van der Waals surface area contributed by atoms with E-state index in [9.17, 15) is 9.59 Å². The van der Waals surface area contributed by atoms with Crippen LogP contribution in [-0.2, 0) is 0 Å². The average Bonchev–Trinajstić information content (AvgIpc) is 2.81. The first-order valence-corrected chi connectivity index (χ1v) is 9.97. The molecule has 0 atom stereocenters. The molecule has 0 unspecified atom stereocenters. The molecular weight excluding hydrogens is 374 g/mol. The lowest BCUT2D eigenvalue weighted by atomic mass is 9.99. The van der Waals surface area contributed by atoms with Crippen molar-refractivity contribution in [2.24, 2.45) is 0 Å². The second kappa shape index (κ2) is 8.74. The van der Waals surface area contributed by atoms with Crippen molar-refractivity contribution in [1.82, 2.24) is 9.88 Å². The van der Waals surface area contributed by atoms with Crippen LogP contribution in [0.15, 0.2) is 79.1 Å². The van der Waals surface area contributed by atoms with Crippen LogP contribution in [-0.4, -0.2) is 34.8 Å². The van der Waals surface area contributed by atoms with Gasteiger partial charge in [0, 0.05) is 42.3 Å². The Bertz CT molecular complexity index is 1090. The van der Waals surface area contributed by atoms with Gasteiger partial charge in [0.25, 0.3) is 11.8 Å². The van der Waals surface area contributed by atoms with Gasteiger partial charge in [-0.3, -0.25) is 14.6 Å². The van der Waals surface area contributed by atoms with Crippen LogP contribution in [0.4, 0.5) is 5.69 Å². The number of rotatable bonds is 4. The standard InChI is InChI=1S/C25H23N3O2/c1-18-7-8-22(17-23(18)27-24(29)21-9-13-26-14-10-21)25(30)28-15-11-20(12-16-28)19-5-3-2-4-6-19/h2-11,13-14,17H,12,15-16H2,1H3,(H,27,29). The van der Waals surface area contributed by atoms with Crippen molar-refractivity contribution in [3.8, 4) is 0 Å². The van der Waals surface area contributed by atoms with Crippen molar-refractivity contribution in [2.75, 3.05) is 18.4 Å². The highest BCUT2D eigenvalue weighted by atomic mass is 16.2. The molecule has 2 amide bonds. The molecule has 1 N–H and O–H groups in total. The van der Waals surface area contributed by atoms with Crippen LogP contribution in [0.1, 0.15) is 38.3 Å². The smallest absolute Gasteiger partial charge is 0.255 e. The van der Waals surface area contributed by atoms with Gasteiger partial charge in [0.2, 0.25) is 0 Å². The van der Waals surface area contributed by atoms with Crippen molar-refractivity contribution >= 4 is 23.1 Å². The number of nitrogens with one attached hydrogen (secondary N) is 1. The Morgan fingerprint density at radius 3 is 2.43 bits per heavy atom. The van der Waals surface area contributed by atoms with Gasteiger partial charge in [-0.2, -0.15) is 0 Å². The van der Waals surface area contributed by atoms with Crippen LogP contribution in [0.5, 0.6) is 0 Å². The second-order valence-corrected chi connectivity index (χ2v) is 7.32. The SMILES string of the molecule is Cc1ccc(C(=O)N2CC=C(c3ccccc3)CC2)cc1NC(=O)c1ccncc1. The van der Waals surface area contributed by atoms with E-state index in [0.29, 0.717) is 29.9 Å². The number of carbonyl (C=O) groups is 2. The van der Waals surface area contributed by atoms with E-state index in [1.54, 1.807) is 30.6 Å². The lowest BCUT2D eigenvalue weighted by molar-refractivity contribution is 0.0772. The Hall–Kier alpha value is -3.73. The minimum absolute atomic E-state index is 0.0298. The third-order valence-corrected chi connectivity index (χ3v) is 5.32. The Balaban J connectivity index is 1.48. The highest BCUT2D eigenvalue weighted by molar-refractivity contribution is 6.05. The zero-order valence-corrected chi connectivity index (χ0v) is 16.8. The monoisotopic (exact) mass is 397 g/mol. The molecule has 1 aliphatic heterocycles. The molecule has 1 aromatic heterocycles. The number of amides is 2. The van der Waals surface area contributed by atoms with Crippen LogP contribution in [0.25, 0.3) is 5.57 Å². The van der Waals surface area contributed by atoms with E-state index in [4.69, 9.17) is 0 Å². The molecule has 2 aromatic carbocycles. The topological polar surface area (TPSA) is 62.3 Å². The molecule has 30 heavy (non-hydrogen) atoms. The molecule has 0 radical (unpaired) electrons. The van der Waals surface area contributed by atoms with E-state index in [1.165, 1.54) is 11.1 Å². The van der Waals surface area contributed by atoms with Gasteiger partial charge in [-0.15, -0.1) is 0 Å². The number of aromatic nitrogens is 1. The first kappa shape index (κ1) is 19.6. The minimum atomic E-state index is -0.224. The van der Waals surface area contributed by atoms with Gasteiger partial charge in [0.1, 0.15) is 0 Å². The predicted molar refractivity (Wildman–Crippen MR) is 118 cm³/mol. The normalized spacial score (nSPS) is 13.5. The number of hydrogen-bond donors (Lipinski definition) is 1. The predicted octanol–water partition coefficient (Wildman–Crippen LogP) is 4.57. The summed E-state index contributed by atoms with van der Waals surface area (Å²) < 4.78 is 0. The van der Waals surface area contributed by atoms with Crippen LogP contribution in [0, 0.1) is 6.92 Å². The molecule has 0 saturated heterocycles. The lowest BCUT2D eigenvalue weighted by Crippen LogP contribution is -2.34. The molecule has 150 valence electrons. The lowest BCUT2D eigenvalue weighted by Gasteiger charge is -2.27. The van der Waals surface area contributed by atoms with Crippen LogP contribution < -0.4 is 5.32 Å². The molecule has 0 aliphatic carbocycles. The Kier molecular flexibility index (Phi) is 5.70. The largest absolute Gasteiger partial charge is 0.335 e. The van der Waals surface area contributed by atoms with Gasteiger partial charge in [-0.05, 0) is 54.3 Å². The molecule has 0 fully saturated rings. The number of aryl methyl sites for hydroxylation is 1. The minimum Gasteiger partial charge on any atom is -0.335 e. The van der Waals surface area contributed by atoms with Gasteiger partial charge in [0.15, 0.2) is 0 Å². The van der Waals surface area contributed by atoms with E-state index in [1.807, 2.05) is 42.2 Å². The molecule has 4 rings (SSSR count). The summed E-state index contributed by atoms with van der Waals surface area (Å²) in [4.78, 5) is 31.3. The fraction of sp³-hybridized carbons (Fsp3) is 0.160. The molecule has 3 aromatic rings. The summed E-state index contributed by atoms with van der Waals surface area (Å²) in [6.07, 6.45) is 6.11. The molecule has 0 spiro atoms. The summed E-state index contributed by atoms with van der Waals surface area (Å²) in [7, 11) is 0. The number of hydrogen-bond acceptors (Lipinski definition) is 3. The third-order valence-electron chi connectivity index (χ3n) is 5.32. The number of carbonyl (C=O) groups excluding carboxylic acids is 2. The molecule has 5 heteroatoms. The first-order chi connectivity index (χ1) is 14.6. The highest BCUT2D eigenvalue weighted by Gasteiger charge is 2.20. The van der Waals surface area contributed by atoms with Crippen molar-refractivity contribution in [2.45, 2.75) is 13.3 Å². The zero-order valence-electron chi connectivity index (χ0n) is 16.8. The number of benzene rings is 2. The maximum Gasteiger partial charge on any atom is 0.255 e. The summed E-state index contributed by atoms with van der Waals surface area (Å²) in [6.45, 7) is 3.16. The van der Waals surface area contributed by atoms with Crippen molar-refractivity contribution < 1.29 is 9.59 Å². The Labute approximate surface area is 176 Å². The van der Waals surface area contributed by atoms with Gasteiger partial charge in [-0.1, -0.05) is 42.5 Å². The van der Waals surface area contributed by atoms with Crippen LogP contribution >= 0.6 is 0 Å². The quantitative estimate of drug-likeness (QED) is 0.701. The summed E-state index contributed by atoms with van der Waals surface area (Å²) >= 11 is 0. The maximum absolute atomic E-state index is 13.0. The van der Waals surface area contributed by atoms with Gasteiger partial charge in [-0.25, -0.2) is 0 Å². The molecule has 0 bridgehead atoms. The molecule has 1 aliphatic rings. The number of pyridine rings is 1. The van der Waals surface area contributed by atoms with Crippen LogP contribution in [0.2, 0.25) is 0 Å². The summed E-state index contributed by atoms with van der Waals surface area (Å²) in [6, 6.07) is 19.0. The van der Waals surface area contributed by atoms with E-state index in [-0.39, 0.29) is 11.8 Å². The van der Waals surface area contributed by atoms with E-state index in [0.717, 1.165) is 12.0 Å². The van der Waals surface area contributed by atoms with E-state index in [2.05, 4.69) is 28.5 Å². The van der Waals surface area contributed by atoms with Crippen LogP contribution in [0.3, 0.4) is 0 Å². The maximum atomic E-state index is 13.0. The Morgan fingerprint density at radius 1 is 0.967 bits per heavy atom. The van der Waals surface area contributed by atoms with E-state index < -0.39 is 0 Å². The summed E-state index contributed by atoms with van der Waals surface area (Å²) in [5.74, 6) is -0.253. The molecule has 5 nitrogen and oxygen atoms in total. The zero-order chi connectivity index (χ0) is 20.9. The molecule has 2 heterocycles. The van der Waals surface area contributed by atoms with E-state index >= 15 is 0 Å². The Morgan fingerprint density at radius 2 is 1.73 bits per heavy atom. The molecular formula is C25H23N3O2. The average molecular weight is 397 g/mol. The fourth-order valence-electron chi connectivity index (χ4n) is 3.54. The van der Waals surface area contributed by atoms with Crippen molar-refractivity contribution in [3.63, 3.8) is 0 Å². The fourth-order valence-corrected chi connectivity index (χ4v) is 3.54. The van der Waals surface area contributed by atoms with Gasteiger partial charge in [0.05, 0.1) is 0 Å². The first-order valence-electron chi connectivity index (χ1n) is 9.97. The highest BCUT2D eigenvalue weighted by Crippen LogP contribution is 2.24. The summed E-state index contributed by atoms with van der Waals surface area (Å²) in [5, 5.41) is 2.90. The number of nitrogens with zero attached hydrogens (tertiary/aromatic N) is 2. The van der Waals surface area contributed by atoms with Gasteiger partial charge >= 0.3 is 0 Å². The van der Waals surface area contributed by atoms with Crippen molar-refractivity contribution in [3.05, 3.63) is 101 Å². The third kappa shape index (κ3) is 4.30. The summed E-state index contributed by atoms with van der Waals surface area (Å²) in [5.41, 5.74) is 5.12. The molecule has 0 saturated carbocycles. The number of anilines is 1. The second-order valence-electron chi connectivity index (χ2n) is 7.32. The van der Waals surface area contributed by atoms with Crippen molar-refractivity contribution in [1.29, 1.82) is 0 Å². The van der Waals surface area contributed by atoms with Gasteiger partial charge < -0.3 is 10.2 Å².